The number of methoxy groups -OCH3 is 2. The average molecular weight is 331 g/mol. The van der Waals surface area contributed by atoms with Gasteiger partial charge in [-0.3, -0.25) is 0 Å². The van der Waals surface area contributed by atoms with Crippen LogP contribution in [0.1, 0.15) is 6.42 Å². The molecule has 0 aliphatic carbocycles. The van der Waals surface area contributed by atoms with Crippen molar-refractivity contribution in [3.05, 3.63) is 18.5 Å². The lowest BCUT2D eigenvalue weighted by molar-refractivity contribution is 0.247. The first-order chi connectivity index (χ1) is 11.6. The molecular weight excluding hydrogens is 310 g/mol. The summed E-state index contributed by atoms with van der Waals surface area (Å²) in [5, 5.41) is 3.56. The van der Waals surface area contributed by atoms with Crippen LogP contribution in [0.15, 0.2) is 18.5 Å². The summed E-state index contributed by atoms with van der Waals surface area (Å²) in [6.45, 7) is 2.38. The first-order valence-corrected chi connectivity index (χ1v) is 7.77. The van der Waals surface area contributed by atoms with Gasteiger partial charge in [-0.1, -0.05) is 0 Å². The summed E-state index contributed by atoms with van der Waals surface area (Å²) in [5.41, 5.74) is 5.89. The fourth-order valence-corrected chi connectivity index (χ4v) is 2.95. The number of amides is 2. The molecule has 2 amide bonds. The molecule has 1 aromatic carbocycles. The molecule has 0 spiro atoms. The van der Waals surface area contributed by atoms with Crippen molar-refractivity contribution < 1.29 is 14.3 Å². The number of carbonyl (C=O) groups excluding carboxylic acids is 1. The number of hydrogen-bond donors (Lipinski definition) is 2. The Balaban J connectivity index is 1.75. The van der Waals surface area contributed by atoms with Crippen LogP contribution in [0.4, 0.5) is 10.6 Å². The molecule has 3 N–H and O–H groups in total. The molecular formula is C16H21N5O3. The number of aromatic nitrogens is 2. The van der Waals surface area contributed by atoms with Crippen LogP contribution in [0.3, 0.4) is 0 Å². The van der Waals surface area contributed by atoms with E-state index in [2.05, 4.69) is 20.2 Å². The number of carbonyl (C=O) groups is 1. The number of urea groups is 1. The molecule has 0 radical (unpaired) electrons. The number of nitrogens with one attached hydrogen (secondary N) is 1. The second kappa shape index (κ2) is 6.77. The van der Waals surface area contributed by atoms with Gasteiger partial charge in [0.05, 0.1) is 19.7 Å². The van der Waals surface area contributed by atoms with Crippen LogP contribution in [0.5, 0.6) is 11.5 Å². The minimum Gasteiger partial charge on any atom is -0.493 e. The number of nitrogens with zero attached hydrogens (tertiary/aromatic N) is 3. The van der Waals surface area contributed by atoms with E-state index >= 15 is 0 Å². The van der Waals surface area contributed by atoms with E-state index in [9.17, 15) is 4.79 Å². The Labute approximate surface area is 140 Å². The second-order valence-electron chi connectivity index (χ2n) is 5.77. The zero-order chi connectivity index (χ0) is 17.1. The molecule has 0 atom stereocenters. The molecule has 8 heteroatoms. The van der Waals surface area contributed by atoms with E-state index in [4.69, 9.17) is 15.2 Å². The first-order valence-electron chi connectivity index (χ1n) is 7.77. The number of rotatable bonds is 6. The Kier molecular flexibility index (Phi) is 4.54. The van der Waals surface area contributed by atoms with E-state index in [0.717, 1.165) is 36.2 Å². The Bertz CT molecular complexity index is 746. The van der Waals surface area contributed by atoms with E-state index in [-0.39, 0.29) is 0 Å². The predicted octanol–water partition coefficient (Wildman–Crippen LogP) is 1.14. The van der Waals surface area contributed by atoms with Crippen molar-refractivity contribution in [2.45, 2.75) is 6.42 Å². The fourth-order valence-electron chi connectivity index (χ4n) is 2.95. The summed E-state index contributed by atoms with van der Waals surface area (Å²) in [6.07, 6.45) is 2.46. The number of nitrogens with two attached hydrogens (primary N) is 1. The van der Waals surface area contributed by atoms with Crippen LogP contribution in [0.2, 0.25) is 0 Å². The molecule has 0 bridgehead atoms. The van der Waals surface area contributed by atoms with Crippen molar-refractivity contribution in [1.82, 2.24) is 15.3 Å². The van der Waals surface area contributed by atoms with Crippen LogP contribution in [-0.2, 0) is 0 Å². The van der Waals surface area contributed by atoms with Crippen molar-refractivity contribution in [2.75, 3.05) is 38.8 Å². The van der Waals surface area contributed by atoms with Crippen LogP contribution in [-0.4, -0.2) is 49.9 Å². The van der Waals surface area contributed by atoms with Gasteiger partial charge in [-0.05, 0) is 18.4 Å². The van der Waals surface area contributed by atoms with Gasteiger partial charge in [0.2, 0.25) is 0 Å². The van der Waals surface area contributed by atoms with E-state index in [1.165, 1.54) is 0 Å². The van der Waals surface area contributed by atoms with Gasteiger partial charge >= 0.3 is 6.03 Å². The topological polar surface area (TPSA) is 103 Å². The molecule has 1 aliphatic heterocycles. The molecule has 2 aromatic rings. The lowest BCUT2D eigenvalue weighted by Crippen LogP contribution is -2.48. The van der Waals surface area contributed by atoms with Crippen LogP contribution < -0.4 is 25.4 Å². The number of fused-ring (bicyclic) bond motifs is 1. The Hall–Kier alpha value is -2.77. The standard InChI is InChI=1S/C16H21N5O3/c1-23-13-5-11-12(6-14(13)24-2)19-9-20-15(11)21-7-10(8-21)3-4-18-16(17)22/h5-6,9-10H,3-4,7-8H2,1-2H3,(H3,17,18,22). The number of benzene rings is 1. The minimum atomic E-state index is -0.478. The molecule has 1 aliphatic rings. The van der Waals surface area contributed by atoms with Gasteiger partial charge in [0, 0.05) is 31.1 Å². The Morgan fingerprint density at radius 2 is 2.00 bits per heavy atom. The van der Waals surface area contributed by atoms with Gasteiger partial charge in [0.15, 0.2) is 11.5 Å². The summed E-state index contributed by atoms with van der Waals surface area (Å²) >= 11 is 0. The summed E-state index contributed by atoms with van der Waals surface area (Å²) in [5.74, 6) is 2.71. The largest absolute Gasteiger partial charge is 0.493 e. The number of ether oxygens (including phenoxy) is 2. The minimum absolute atomic E-state index is 0.478. The maximum atomic E-state index is 10.7. The third kappa shape index (κ3) is 3.12. The normalized spacial score (nSPS) is 14.3. The van der Waals surface area contributed by atoms with Crippen molar-refractivity contribution in [3.63, 3.8) is 0 Å². The summed E-state index contributed by atoms with van der Waals surface area (Å²) in [6, 6.07) is 3.29. The third-order valence-electron chi connectivity index (χ3n) is 4.23. The van der Waals surface area contributed by atoms with E-state index in [1.807, 2.05) is 12.1 Å². The SMILES string of the molecule is COc1cc2ncnc(N3CC(CCNC(N)=O)C3)c2cc1OC. The maximum absolute atomic E-state index is 10.7. The highest BCUT2D eigenvalue weighted by atomic mass is 16.5. The monoisotopic (exact) mass is 331 g/mol. The zero-order valence-electron chi connectivity index (χ0n) is 13.8. The van der Waals surface area contributed by atoms with Crippen molar-refractivity contribution in [2.24, 2.45) is 11.7 Å². The van der Waals surface area contributed by atoms with E-state index in [0.29, 0.717) is 24.0 Å². The lowest BCUT2D eigenvalue weighted by Gasteiger charge is -2.40. The number of anilines is 1. The molecule has 1 aromatic heterocycles. The fraction of sp³-hybridized carbons (Fsp3) is 0.438. The highest BCUT2D eigenvalue weighted by Gasteiger charge is 2.29. The summed E-state index contributed by atoms with van der Waals surface area (Å²) in [7, 11) is 3.21. The second-order valence-corrected chi connectivity index (χ2v) is 5.77. The molecule has 0 unspecified atom stereocenters. The highest BCUT2D eigenvalue weighted by molar-refractivity contribution is 5.92. The van der Waals surface area contributed by atoms with Gasteiger partial charge in [0.1, 0.15) is 12.1 Å². The molecule has 8 nitrogen and oxygen atoms in total. The molecule has 24 heavy (non-hydrogen) atoms. The average Bonchev–Trinajstić information content (AvgIpc) is 2.55. The van der Waals surface area contributed by atoms with Gasteiger partial charge in [-0.15, -0.1) is 0 Å². The zero-order valence-corrected chi connectivity index (χ0v) is 13.8. The smallest absolute Gasteiger partial charge is 0.312 e. The molecule has 3 rings (SSSR count). The van der Waals surface area contributed by atoms with Crippen molar-refractivity contribution in [3.8, 4) is 11.5 Å². The predicted molar refractivity (Wildman–Crippen MR) is 90.5 cm³/mol. The van der Waals surface area contributed by atoms with Crippen LogP contribution >= 0.6 is 0 Å². The summed E-state index contributed by atoms with van der Waals surface area (Å²) in [4.78, 5) is 21.6. The Morgan fingerprint density at radius 1 is 1.29 bits per heavy atom. The molecule has 1 fully saturated rings. The Morgan fingerprint density at radius 3 is 2.67 bits per heavy atom. The van der Waals surface area contributed by atoms with Gasteiger partial charge in [-0.25, -0.2) is 14.8 Å². The highest BCUT2D eigenvalue weighted by Crippen LogP contribution is 2.36. The molecule has 0 saturated carbocycles. The van der Waals surface area contributed by atoms with Crippen molar-refractivity contribution in [1.29, 1.82) is 0 Å². The number of primary amides is 1. The van der Waals surface area contributed by atoms with Crippen LogP contribution in [0.25, 0.3) is 10.9 Å². The van der Waals surface area contributed by atoms with E-state index < -0.39 is 6.03 Å². The van der Waals surface area contributed by atoms with Gasteiger partial charge in [-0.2, -0.15) is 0 Å². The maximum Gasteiger partial charge on any atom is 0.312 e. The van der Waals surface area contributed by atoms with E-state index in [1.54, 1.807) is 20.5 Å². The van der Waals surface area contributed by atoms with Gasteiger partial charge < -0.3 is 25.4 Å². The first kappa shape index (κ1) is 16.1. The third-order valence-corrected chi connectivity index (χ3v) is 4.23. The van der Waals surface area contributed by atoms with Crippen LogP contribution in [0, 0.1) is 5.92 Å². The summed E-state index contributed by atoms with van der Waals surface area (Å²) < 4.78 is 10.7. The quantitative estimate of drug-likeness (QED) is 0.823. The van der Waals surface area contributed by atoms with Gasteiger partial charge in [0.25, 0.3) is 0 Å². The number of hydrogen-bond acceptors (Lipinski definition) is 6. The lowest BCUT2D eigenvalue weighted by atomic mass is 9.96. The molecule has 1 saturated heterocycles. The molecule has 2 heterocycles. The molecule has 128 valence electrons. The van der Waals surface area contributed by atoms with Crippen molar-refractivity contribution >= 4 is 22.8 Å².